The minimum atomic E-state index is -1.06. The Kier molecular flexibility index (Phi) is 36.3. The number of H-pyrrole nitrogens is 3. The number of aryl methyl sites for hydroxylation is 3. The molecule has 0 spiro atoms. The number of nitrogen functional groups attached to an aromatic ring is 1. The first kappa shape index (κ1) is 88.5. The largest absolute Gasteiger partial charge is 0.519 e. The molecule has 0 unspecified atom stereocenters. The van der Waals surface area contributed by atoms with E-state index in [9.17, 15) is 28.8 Å². The van der Waals surface area contributed by atoms with Crippen molar-refractivity contribution in [1.29, 1.82) is 0 Å². The summed E-state index contributed by atoms with van der Waals surface area (Å²) in [6, 6.07) is 28.9. The van der Waals surface area contributed by atoms with Gasteiger partial charge in [0, 0.05) is 132 Å². The van der Waals surface area contributed by atoms with Crippen molar-refractivity contribution in [3.63, 3.8) is 0 Å². The molecule has 7 heterocycles. The quantitative estimate of drug-likeness (QED) is 0.0293. The van der Waals surface area contributed by atoms with Gasteiger partial charge in [-0.15, -0.1) is 0 Å². The first-order valence-electron chi connectivity index (χ1n) is 36.0. The molecule has 11 rings (SSSR count). The number of carbonyl (C=O) groups is 6. The van der Waals surface area contributed by atoms with Crippen LogP contribution in [0.1, 0.15) is 223 Å². The van der Waals surface area contributed by atoms with Gasteiger partial charge >= 0.3 is 30.6 Å². The van der Waals surface area contributed by atoms with Crippen LogP contribution in [-0.4, -0.2) is 127 Å². The number of nitrogens with zero attached hydrogens (tertiary/aromatic N) is 3. The molecule has 4 aliphatic rings. The number of aromatic amines is 3. The summed E-state index contributed by atoms with van der Waals surface area (Å²) >= 11 is 0. The number of benzene rings is 4. The van der Waals surface area contributed by atoms with Crippen LogP contribution in [-0.2, 0) is 72.1 Å². The van der Waals surface area contributed by atoms with Gasteiger partial charge in [-0.1, -0.05) is 128 Å². The molecule has 562 valence electrons. The molecule has 0 radical (unpaired) electrons. The number of ether oxygens (including phenoxy) is 6. The lowest BCUT2D eigenvalue weighted by molar-refractivity contribution is -0.121. The van der Waals surface area contributed by atoms with Crippen LogP contribution in [0, 0.1) is 20.8 Å². The Hall–Kier alpha value is -8.56. The van der Waals surface area contributed by atoms with Crippen molar-refractivity contribution in [2.24, 2.45) is 5.84 Å². The Morgan fingerprint density at radius 3 is 1.20 bits per heavy atom. The topological polar surface area (TPSA) is 265 Å². The molecule has 21 nitrogen and oxygen atoms in total. The van der Waals surface area contributed by atoms with E-state index in [2.05, 4.69) is 92.8 Å². The van der Waals surface area contributed by atoms with Crippen molar-refractivity contribution in [2.45, 2.75) is 260 Å². The Morgan fingerprint density at radius 2 is 0.772 bits per heavy atom. The van der Waals surface area contributed by atoms with Gasteiger partial charge in [0.1, 0.15) is 33.8 Å². The SMILES string of the molecule is CC.CC.CC.CC.CC(C)(C)OC(=O)N1CCC(=O)CC1.CC(C)(C)OC(=O)N1CCc2[nH]c3ccccc3c2C1.CC(C)(C)OC(=O)OC(=O)OC(C)(C)C.Cc1cccc2c3c([nH]c12)CCN(C(=O)OC(C)(C)C)C3.Cc1cccc2c3c([nH]c12)CCNC3.Cc1ccccc1NN. The van der Waals surface area contributed by atoms with Crippen molar-refractivity contribution in [3.8, 4) is 0 Å². The molecular weight excluding hydrogens is 1280 g/mol. The number of fused-ring (bicyclic) bond motifs is 9. The zero-order valence-electron chi connectivity index (χ0n) is 66.1. The van der Waals surface area contributed by atoms with Crippen LogP contribution in [0.4, 0.5) is 29.7 Å². The minimum Gasteiger partial charge on any atom is -0.444 e. The Labute approximate surface area is 603 Å². The lowest BCUT2D eigenvalue weighted by atomic mass is 10.0. The van der Waals surface area contributed by atoms with E-state index in [1.807, 2.05) is 161 Å². The number of rotatable bonds is 1. The maximum atomic E-state index is 12.2. The molecule has 101 heavy (non-hydrogen) atoms. The van der Waals surface area contributed by atoms with Crippen LogP contribution >= 0.6 is 0 Å². The number of aromatic nitrogens is 3. The number of hydrogen-bond acceptors (Lipinski definition) is 15. The second kappa shape index (κ2) is 41.4. The fraction of sp³-hybridized carbons (Fsp3) is 0.550. The highest BCUT2D eigenvalue weighted by Gasteiger charge is 2.31. The standard InChI is InChI=1S/C17H22N2O2.C16H20N2O2.C12H14N2.C10H17NO3.C10H18O5.C7H10N2.4C2H6/c1-11-6-5-7-12-13-10-19(16(20)21-17(2,3)4)9-8-14(13)18-15(11)12;1-16(2,3)20-15(19)18-9-8-14-12(10-18)11-6-4-5-7-13(11)17-14;1-8-3-2-4-9-10-7-13-6-5-11(10)14-12(8)9;1-10(2,3)14-9(13)11-6-4-8(12)5-7-11;1-9(2,3)14-7(11)13-8(12)15-10(4,5)6;1-6-4-2-3-5-7(6)9-8;4*1-2/h5-7,18H,8-10H2,1-4H3;4-7,17H,8-10H2,1-3H3;2-4,13-14H,5-7H2,1H3;4-7H2,1-3H3;1-6H3;2-5,9H,8H2,1H3;4*1-2H3. The third-order valence-electron chi connectivity index (χ3n) is 14.7. The molecule has 0 bridgehead atoms. The second-order valence-electron chi connectivity index (χ2n) is 28.5. The maximum Gasteiger partial charge on any atom is 0.519 e. The predicted molar refractivity (Wildman–Crippen MR) is 410 cm³/mol. The highest BCUT2D eigenvalue weighted by molar-refractivity contribution is 5.89. The fourth-order valence-electron chi connectivity index (χ4n) is 10.4. The zero-order chi connectivity index (χ0) is 76.8. The summed E-state index contributed by atoms with van der Waals surface area (Å²) in [5.74, 6) is 5.43. The maximum absolute atomic E-state index is 12.2. The van der Waals surface area contributed by atoms with Gasteiger partial charge in [-0.05, 0) is 159 Å². The number of piperidine rings is 1. The number of likely N-dealkylation sites (tertiary alicyclic amines) is 1. The van der Waals surface area contributed by atoms with Gasteiger partial charge in [-0.2, -0.15) is 0 Å². The average molecular weight is 1400 g/mol. The Balaban J connectivity index is 0.000000410. The average Bonchev–Trinajstić information content (AvgIpc) is 1.65. The Bertz CT molecular complexity index is 3680. The molecule has 1 fully saturated rings. The lowest BCUT2D eigenvalue weighted by Crippen LogP contribution is -2.41. The van der Waals surface area contributed by atoms with Crippen LogP contribution in [0.5, 0.6) is 0 Å². The highest BCUT2D eigenvalue weighted by atomic mass is 16.8. The number of Topliss-reactive ketones (excluding diaryl/α,β-unsaturated/α-hetero) is 1. The van der Waals surface area contributed by atoms with E-state index >= 15 is 0 Å². The van der Waals surface area contributed by atoms with E-state index in [-0.39, 0.29) is 24.1 Å². The number of ketones is 1. The lowest BCUT2D eigenvalue weighted by Gasteiger charge is -2.30. The summed E-state index contributed by atoms with van der Waals surface area (Å²) in [6.07, 6.45) is 0.857. The summed E-state index contributed by atoms with van der Waals surface area (Å²) in [6.45, 7) is 54.9. The van der Waals surface area contributed by atoms with Crippen molar-refractivity contribution in [1.82, 2.24) is 35.0 Å². The Morgan fingerprint density at radius 1 is 0.416 bits per heavy atom. The number of para-hydroxylation sites is 4. The number of hydrogen-bond donors (Lipinski definition) is 6. The molecule has 7 aromatic rings. The molecule has 3 amide bonds. The summed E-state index contributed by atoms with van der Waals surface area (Å²) < 4.78 is 29.9. The molecule has 0 saturated carbocycles. The van der Waals surface area contributed by atoms with Crippen LogP contribution in [0.15, 0.2) is 84.9 Å². The molecule has 0 aliphatic carbocycles. The van der Waals surface area contributed by atoms with Crippen molar-refractivity contribution in [3.05, 3.63) is 135 Å². The van der Waals surface area contributed by atoms with Crippen molar-refractivity contribution >= 4 is 74.8 Å². The molecule has 21 heteroatoms. The van der Waals surface area contributed by atoms with Gasteiger partial charge in [0.15, 0.2) is 0 Å². The number of hydrazine groups is 1. The van der Waals surface area contributed by atoms with Gasteiger partial charge < -0.3 is 68.8 Å². The monoisotopic (exact) mass is 1400 g/mol. The highest BCUT2D eigenvalue weighted by Crippen LogP contribution is 2.32. The number of nitrogens with one attached hydrogen (secondary N) is 5. The molecule has 4 aromatic carbocycles. The van der Waals surface area contributed by atoms with Crippen LogP contribution in [0.2, 0.25) is 0 Å². The van der Waals surface area contributed by atoms with Crippen molar-refractivity contribution < 1.29 is 57.2 Å². The van der Waals surface area contributed by atoms with Gasteiger partial charge in [0.05, 0.1) is 18.8 Å². The van der Waals surface area contributed by atoms with Crippen LogP contribution < -0.4 is 16.6 Å². The summed E-state index contributed by atoms with van der Waals surface area (Å²) in [5, 5.41) is 7.24. The smallest absolute Gasteiger partial charge is 0.444 e. The zero-order valence-corrected chi connectivity index (χ0v) is 66.1. The normalized spacial score (nSPS) is 13.7. The van der Waals surface area contributed by atoms with Crippen LogP contribution in [0.3, 0.4) is 0 Å². The number of nitrogens with two attached hydrogens (primary N) is 1. The van der Waals surface area contributed by atoms with Gasteiger partial charge in [0.2, 0.25) is 0 Å². The summed E-state index contributed by atoms with van der Waals surface area (Å²) in [5.41, 5.74) is 16.1. The molecular formula is C80H125N9O12. The predicted octanol–water partition coefficient (Wildman–Crippen LogP) is 19.2. The van der Waals surface area contributed by atoms with Gasteiger partial charge in [0.25, 0.3) is 0 Å². The van der Waals surface area contributed by atoms with E-state index in [0.29, 0.717) is 52.1 Å². The minimum absolute atomic E-state index is 0.227. The molecule has 3 aromatic heterocycles. The summed E-state index contributed by atoms with van der Waals surface area (Å²) in [4.78, 5) is 84.6. The van der Waals surface area contributed by atoms with E-state index in [4.69, 9.17) is 29.5 Å². The third kappa shape index (κ3) is 30.3. The number of amides is 3. The third-order valence-corrected chi connectivity index (χ3v) is 14.7. The van der Waals surface area contributed by atoms with E-state index in [0.717, 1.165) is 43.6 Å². The van der Waals surface area contributed by atoms with Gasteiger partial charge in [-0.3, -0.25) is 10.6 Å². The van der Waals surface area contributed by atoms with Crippen molar-refractivity contribution in [2.75, 3.05) is 38.1 Å². The van der Waals surface area contributed by atoms with E-state index < -0.39 is 40.3 Å². The summed E-state index contributed by atoms with van der Waals surface area (Å²) in [7, 11) is 0. The molecule has 1 saturated heterocycles. The fourth-order valence-corrected chi connectivity index (χ4v) is 10.4. The first-order valence-corrected chi connectivity index (χ1v) is 36.0. The van der Waals surface area contributed by atoms with E-state index in [1.165, 1.54) is 77.7 Å². The molecule has 4 aliphatic heterocycles. The van der Waals surface area contributed by atoms with Gasteiger partial charge in [-0.25, -0.2) is 24.0 Å². The number of carbonyl (C=O) groups excluding carboxylic acids is 6. The van der Waals surface area contributed by atoms with Crippen LogP contribution in [0.25, 0.3) is 32.7 Å². The first-order chi connectivity index (χ1) is 47.4. The molecule has 7 N–H and O–H groups in total. The second-order valence-corrected chi connectivity index (χ2v) is 28.5. The van der Waals surface area contributed by atoms with E-state index in [1.54, 1.807) is 56.2 Å². The number of anilines is 1. The molecule has 0 atom stereocenters.